The van der Waals surface area contributed by atoms with Crippen molar-refractivity contribution in [1.29, 1.82) is 0 Å². The number of pyridine rings is 1. The minimum Gasteiger partial charge on any atom is -0.494 e. The molecule has 0 aliphatic rings. The molecule has 5 rings (SSSR count). The third-order valence-corrected chi connectivity index (χ3v) is 5.72. The quantitative estimate of drug-likeness (QED) is 0.271. The monoisotopic (exact) mass is 527 g/mol. The van der Waals surface area contributed by atoms with Crippen molar-refractivity contribution >= 4 is 28.8 Å². The van der Waals surface area contributed by atoms with Crippen LogP contribution in [-0.4, -0.2) is 57.0 Å². The lowest BCUT2D eigenvalue weighted by Gasteiger charge is -2.17. The number of rotatable bonds is 9. The zero-order valence-corrected chi connectivity index (χ0v) is 21.7. The van der Waals surface area contributed by atoms with Crippen LogP contribution in [0.4, 0.5) is 23.0 Å². The summed E-state index contributed by atoms with van der Waals surface area (Å²) in [5.74, 6) is 1.76. The van der Waals surface area contributed by atoms with Crippen LogP contribution in [0, 0.1) is 0 Å². The number of ether oxygens (including phenoxy) is 1. The van der Waals surface area contributed by atoms with Crippen LogP contribution in [0.2, 0.25) is 0 Å². The van der Waals surface area contributed by atoms with Crippen LogP contribution in [0.3, 0.4) is 0 Å². The third-order valence-electron chi connectivity index (χ3n) is 5.72. The summed E-state index contributed by atoms with van der Waals surface area (Å²) in [6.45, 7) is 1.78. The summed E-state index contributed by atoms with van der Waals surface area (Å²) >= 11 is 0. The molecule has 198 valence electrons. The second-order valence-electron chi connectivity index (χ2n) is 8.45. The normalized spacial score (nSPS) is 10.9. The predicted octanol–water partition coefficient (Wildman–Crippen LogP) is 2.64. The molecule has 0 amide bonds. The molecule has 39 heavy (non-hydrogen) atoms. The molecule has 0 saturated carbocycles. The number of methoxy groups -OCH3 is 1. The zero-order chi connectivity index (χ0) is 27.5. The van der Waals surface area contributed by atoms with Crippen molar-refractivity contribution in [3.8, 4) is 23.1 Å². The Kier molecular flexibility index (Phi) is 6.82. The molecule has 0 saturated heterocycles. The molecule has 0 bridgehead atoms. The number of hydrogen-bond acceptors (Lipinski definition) is 11. The zero-order valence-electron chi connectivity index (χ0n) is 21.7. The number of aryl methyl sites for hydroxylation is 2. The molecule has 14 nitrogen and oxygen atoms in total. The molecule has 0 aliphatic carbocycles. The van der Waals surface area contributed by atoms with Crippen LogP contribution in [0.1, 0.15) is 23.7 Å². The van der Waals surface area contributed by atoms with Gasteiger partial charge in [0.15, 0.2) is 17.4 Å². The van der Waals surface area contributed by atoms with Gasteiger partial charge in [-0.05, 0) is 18.2 Å². The fourth-order valence-corrected chi connectivity index (χ4v) is 3.87. The van der Waals surface area contributed by atoms with Gasteiger partial charge in [-0.15, -0.1) is 5.10 Å². The highest BCUT2D eigenvalue weighted by atomic mass is 16.5. The highest BCUT2D eigenvalue weighted by molar-refractivity contribution is 6.02. The first kappa shape index (κ1) is 25.3. The number of benzene rings is 1. The first-order valence-electron chi connectivity index (χ1n) is 11.9. The molecule has 0 radical (unpaired) electrons. The molecule has 0 fully saturated rings. The Morgan fingerprint density at radius 3 is 2.44 bits per heavy atom. The van der Waals surface area contributed by atoms with Crippen molar-refractivity contribution in [2.45, 2.75) is 13.3 Å². The van der Waals surface area contributed by atoms with Gasteiger partial charge in [0, 0.05) is 39.0 Å². The summed E-state index contributed by atoms with van der Waals surface area (Å²) in [4.78, 5) is 42.1. The summed E-state index contributed by atoms with van der Waals surface area (Å²) in [5, 5.41) is 14.8. The Labute approximate surface area is 222 Å². The van der Waals surface area contributed by atoms with Gasteiger partial charge in [-0.1, -0.05) is 13.0 Å². The first-order chi connectivity index (χ1) is 18.9. The maximum Gasteiger partial charge on any atom is 0.356 e. The molecule has 4 aromatic heterocycles. The molecular weight excluding hydrogens is 502 g/mol. The smallest absolute Gasteiger partial charge is 0.356 e. The lowest BCUT2D eigenvalue weighted by Crippen LogP contribution is -2.22. The second-order valence-corrected chi connectivity index (χ2v) is 8.45. The van der Waals surface area contributed by atoms with E-state index in [0.29, 0.717) is 46.3 Å². The second kappa shape index (κ2) is 10.5. The molecule has 2 N–H and O–H groups in total. The number of aromatic nitrogens is 9. The van der Waals surface area contributed by atoms with Crippen molar-refractivity contribution in [3.63, 3.8) is 0 Å². The van der Waals surface area contributed by atoms with Gasteiger partial charge in [-0.25, -0.2) is 19.3 Å². The first-order valence-corrected chi connectivity index (χ1v) is 11.9. The number of ketones is 1. The molecule has 0 atom stereocenters. The third kappa shape index (κ3) is 5.20. The average molecular weight is 528 g/mol. The fourth-order valence-electron chi connectivity index (χ4n) is 3.87. The number of carbonyl (C=O) groups excluding carboxylic acids is 1. The highest BCUT2D eigenvalue weighted by Crippen LogP contribution is 2.37. The van der Waals surface area contributed by atoms with Gasteiger partial charge in [-0.2, -0.15) is 15.1 Å². The van der Waals surface area contributed by atoms with Crippen molar-refractivity contribution < 1.29 is 9.53 Å². The molecule has 14 heteroatoms. The average Bonchev–Trinajstić information content (AvgIpc) is 3.56. The van der Waals surface area contributed by atoms with E-state index in [0.717, 1.165) is 0 Å². The van der Waals surface area contributed by atoms with E-state index in [4.69, 9.17) is 4.74 Å². The fraction of sp³-hybridized carbons (Fsp3) is 0.200. The Morgan fingerprint density at radius 1 is 0.974 bits per heavy atom. The Hall–Kier alpha value is -5.40. The van der Waals surface area contributed by atoms with E-state index in [-0.39, 0.29) is 17.5 Å². The molecule has 0 unspecified atom stereocenters. The van der Waals surface area contributed by atoms with Gasteiger partial charge in [0.2, 0.25) is 0 Å². The van der Waals surface area contributed by atoms with Gasteiger partial charge in [0.1, 0.15) is 24.3 Å². The van der Waals surface area contributed by atoms with Gasteiger partial charge >= 0.3 is 5.69 Å². The number of nitrogens with zero attached hydrogens (tertiary/aromatic N) is 9. The van der Waals surface area contributed by atoms with E-state index in [1.165, 1.54) is 28.0 Å². The number of carbonyl (C=O) groups is 1. The number of Topliss-reactive ketones (excluding diaryl/α,β-unsaturated/α-hetero) is 1. The lowest BCUT2D eigenvalue weighted by molar-refractivity contribution is 0.0988. The molecule has 5 aromatic rings. The number of para-hydroxylation sites is 1. The van der Waals surface area contributed by atoms with Crippen molar-refractivity contribution in [2.75, 3.05) is 17.7 Å². The highest BCUT2D eigenvalue weighted by Gasteiger charge is 2.18. The SMILES string of the molecule is CCC(=O)c1cnc(Nc2ccn(-c3ncn(C)n3)c(=O)n2)cc1Nc1cccc(-c2ncn(C)n2)c1OC. The van der Waals surface area contributed by atoms with Crippen LogP contribution in [0.15, 0.2) is 60.2 Å². The number of nitrogens with one attached hydrogen (secondary N) is 2. The Bertz CT molecular complexity index is 1720. The van der Waals surface area contributed by atoms with Crippen molar-refractivity contribution in [3.05, 3.63) is 71.4 Å². The largest absolute Gasteiger partial charge is 0.494 e. The molecular formula is C25H25N11O3. The van der Waals surface area contributed by atoms with Gasteiger partial charge in [0.25, 0.3) is 5.95 Å². The molecule has 0 spiro atoms. The summed E-state index contributed by atoms with van der Waals surface area (Å²) in [6, 6.07) is 8.79. The van der Waals surface area contributed by atoms with Gasteiger partial charge < -0.3 is 15.4 Å². The number of hydrogen-bond donors (Lipinski definition) is 2. The van der Waals surface area contributed by atoms with Gasteiger partial charge in [0.05, 0.1) is 29.6 Å². The standard InChI is InChI=1S/C25H25N11O3/c1-5-19(37)16-12-26-21(30-20-9-10-36(25(38)31-20)24-28-14-35(3)33-24)11-18(16)29-17-8-6-7-15(22(17)39-4)23-27-13-34(2)32-23/h6-14H,5H2,1-4H3,(H2,26,29,30,31,38). The van der Waals surface area contributed by atoms with Crippen LogP contribution >= 0.6 is 0 Å². The van der Waals surface area contributed by atoms with E-state index < -0.39 is 5.69 Å². The predicted molar refractivity (Wildman–Crippen MR) is 143 cm³/mol. The molecule has 4 heterocycles. The van der Waals surface area contributed by atoms with Crippen LogP contribution in [0.25, 0.3) is 17.3 Å². The van der Waals surface area contributed by atoms with E-state index >= 15 is 0 Å². The molecule has 1 aromatic carbocycles. The lowest BCUT2D eigenvalue weighted by atomic mass is 10.1. The maximum absolute atomic E-state index is 12.7. The Morgan fingerprint density at radius 2 is 1.77 bits per heavy atom. The summed E-state index contributed by atoms with van der Waals surface area (Å²) in [5.41, 5.74) is 1.62. The summed E-state index contributed by atoms with van der Waals surface area (Å²) in [7, 11) is 5.04. The topological polar surface area (TPSA) is 160 Å². The van der Waals surface area contributed by atoms with E-state index in [9.17, 15) is 9.59 Å². The summed E-state index contributed by atoms with van der Waals surface area (Å²) < 4.78 is 10.0. The summed E-state index contributed by atoms with van der Waals surface area (Å²) in [6.07, 6.45) is 6.38. The minimum absolute atomic E-state index is 0.0957. The van der Waals surface area contributed by atoms with Gasteiger partial charge in [-0.3, -0.25) is 14.2 Å². The van der Waals surface area contributed by atoms with Crippen LogP contribution < -0.4 is 21.1 Å². The maximum atomic E-state index is 12.7. The molecule has 0 aliphatic heterocycles. The van der Waals surface area contributed by atoms with Crippen molar-refractivity contribution in [2.24, 2.45) is 14.1 Å². The van der Waals surface area contributed by atoms with Crippen LogP contribution in [0.5, 0.6) is 5.75 Å². The number of anilines is 4. The minimum atomic E-state index is -0.563. The van der Waals surface area contributed by atoms with E-state index in [1.54, 1.807) is 51.3 Å². The van der Waals surface area contributed by atoms with E-state index in [2.05, 4.69) is 40.8 Å². The van der Waals surface area contributed by atoms with Crippen LogP contribution in [-0.2, 0) is 14.1 Å². The Balaban J connectivity index is 1.48. The van der Waals surface area contributed by atoms with E-state index in [1.807, 2.05) is 18.2 Å². The van der Waals surface area contributed by atoms with Crippen molar-refractivity contribution in [1.82, 2.24) is 44.1 Å².